The molecule has 0 radical (unpaired) electrons. The standard InChI is InChI=1S/C16H22N2O2/c1-18-14-7-3-2-6-12(14)13(10-15(18)19)17-11-16(20)8-4-5-9-16/h2-3,6-7,13,17,20H,4-5,8-11H2,1H3. The molecule has 4 nitrogen and oxygen atoms in total. The highest BCUT2D eigenvalue weighted by molar-refractivity contribution is 5.96. The van der Waals surface area contributed by atoms with Crippen LogP contribution in [0.3, 0.4) is 0 Å². The third-order valence-electron chi connectivity index (χ3n) is 4.64. The van der Waals surface area contributed by atoms with E-state index >= 15 is 0 Å². The van der Waals surface area contributed by atoms with Crippen LogP contribution in [0, 0.1) is 0 Å². The molecule has 2 aliphatic rings. The van der Waals surface area contributed by atoms with Crippen LogP contribution in [0.25, 0.3) is 0 Å². The number of hydrogen-bond acceptors (Lipinski definition) is 3. The summed E-state index contributed by atoms with van der Waals surface area (Å²) in [5.41, 5.74) is 1.54. The van der Waals surface area contributed by atoms with Crippen LogP contribution in [0.4, 0.5) is 5.69 Å². The van der Waals surface area contributed by atoms with Crippen molar-refractivity contribution in [2.75, 3.05) is 18.5 Å². The number of rotatable bonds is 3. The Kier molecular flexibility index (Phi) is 3.52. The van der Waals surface area contributed by atoms with Crippen LogP contribution in [0.15, 0.2) is 24.3 Å². The quantitative estimate of drug-likeness (QED) is 0.886. The van der Waals surface area contributed by atoms with Gasteiger partial charge in [-0.25, -0.2) is 0 Å². The molecule has 1 atom stereocenters. The highest BCUT2D eigenvalue weighted by Gasteiger charge is 2.34. The van der Waals surface area contributed by atoms with Crippen LogP contribution in [-0.2, 0) is 4.79 Å². The van der Waals surface area contributed by atoms with Gasteiger partial charge in [0, 0.05) is 31.7 Å². The summed E-state index contributed by atoms with van der Waals surface area (Å²) in [5, 5.41) is 13.8. The first-order valence-corrected chi connectivity index (χ1v) is 7.40. The number of nitrogens with zero attached hydrogens (tertiary/aromatic N) is 1. The molecule has 2 N–H and O–H groups in total. The Labute approximate surface area is 119 Å². The summed E-state index contributed by atoms with van der Waals surface area (Å²) in [6.07, 6.45) is 4.39. The van der Waals surface area contributed by atoms with Crippen molar-refractivity contribution in [2.45, 2.75) is 43.7 Å². The molecule has 1 aliphatic carbocycles. The van der Waals surface area contributed by atoms with E-state index in [0.29, 0.717) is 13.0 Å². The van der Waals surface area contributed by atoms with Crippen molar-refractivity contribution >= 4 is 11.6 Å². The number of benzene rings is 1. The molecule has 1 aliphatic heterocycles. The van der Waals surface area contributed by atoms with Crippen molar-refractivity contribution < 1.29 is 9.90 Å². The number of nitrogens with one attached hydrogen (secondary N) is 1. The second kappa shape index (κ2) is 5.19. The van der Waals surface area contributed by atoms with Gasteiger partial charge in [0.05, 0.1) is 5.60 Å². The summed E-state index contributed by atoms with van der Waals surface area (Å²) >= 11 is 0. The summed E-state index contributed by atoms with van der Waals surface area (Å²) in [7, 11) is 1.82. The molecule has 1 heterocycles. The van der Waals surface area contributed by atoms with Crippen LogP contribution in [0.5, 0.6) is 0 Å². The Morgan fingerprint density at radius 3 is 2.80 bits per heavy atom. The van der Waals surface area contributed by atoms with Crippen LogP contribution in [0.1, 0.15) is 43.7 Å². The lowest BCUT2D eigenvalue weighted by Gasteiger charge is -2.34. The van der Waals surface area contributed by atoms with Gasteiger partial charge in [-0.15, -0.1) is 0 Å². The van der Waals surface area contributed by atoms with Crippen LogP contribution in [0.2, 0.25) is 0 Å². The highest BCUT2D eigenvalue weighted by Crippen LogP contribution is 2.35. The molecule has 4 heteroatoms. The minimum absolute atomic E-state index is 0.0134. The fourth-order valence-corrected chi connectivity index (χ4v) is 3.35. The van der Waals surface area contributed by atoms with Gasteiger partial charge in [-0.2, -0.15) is 0 Å². The summed E-state index contributed by atoms with van der Waals surface area (Å²) in [6.45, 7) is 0.572. The van der Waals surface area contributed by atoms with E-state index in [2.05, 4.69) is 11.4 Å². The van der Waals surface area contributed by atoms with Crippen molar-refractivity contribution in [3.8, 4) is 0 Å². The molecular formula is C16H22N2O2. The van der Waals surface area contributed by atoms with Gasteiger partial charge in [0.25, 0.3) is 0 Å². The normalized spacial score (nSPS) is 24.8. The van der Waals surface area contributed by atoms with E-state index in [4.69, 9.17) is 0 Å². The second-order valence-corrected chi connectivity index (χ2v) is 6.08. The largest absolute Gasteiger partial charge is 0.389 e. The Morgan fingerprint density at radius 1 is 1.35 bits per heavy atom. The molecule has 1 saturated carbocycles. The maximum absolute atomic E-state index is 12.1. The lowest BCUT2D eigenvalue weighted by Crippen LogP contribution is -2.43. The maximum atomic E-state index is 12.1. The molecule has 1 aromatic rings. The molecule has 1 amide bonds. The van der Waals surface area contributed by atoms with Gasteiger partial charge >= 0.3 is 0 Å². The average molecular weight is 274 g/mol. The fraction of sp³-hybridized carbons (Fsp3) is 0.562. The number of carbonyl (C=O) groups is 1. The smallest absolute Gasteiger partial charge is 0.228 e. The zero-order valence-electron chi connectivity index (χ0n) is 11.9. The minimum atomic E-state index is -0.582. The molecule has 20 heavy (non-hydrogen) atoms. The number of para-hydroxylation sites is 1. The van der Waals surface area contributed by atoms with Gasteiger partial charge < -0.3 is 15.3 Å². The predicted octanol–water partition coefficient (Wildman–Crippen LogP) is 1.99. The van der Waals surface area contributed by atoms with Crippen LogP contribution >= 0.6 is 0 Å². The number of hydrogen-bond donors (Lipinski definition) is 2. The van der Waals surface area contributed by atoms with Crippen molar-refractivity contribution in [2.24, 2.45) is 0 Å². The molecule has 108 valence electrons. The maximum Gasteiger partial charge on any atom is 0.228 e. The Bertz CT molecular complexity index is 509. The molecule has 1 unspecified atom stereocenters. The minimum Gasteiger partial charge on any atom is -0.389 e. The Hall–Kier alpha value is -1.39. The van der Waals surface area contributed by atoms with Crippen LogP contribution < -0.4 is 10.2 Å². The lowest BCUT2D eigenvalue weighted by molar-refractivity contribution is -0.119. The first-order valence-electron chi connectivity index (χ1n) is 7.40. The van der Waals surface area contributed by atoms with Crippen molar-refractivity contribution in [1.82, 2.24) is 5.32 Å². The zero-order valence-corrected chi connectivity index (χ0v) is 11.9. The second-order valence-electron chi connectivity index (χ2n) is 6.08. The number of carbonyl (C=O) groups excluding carboxylic acids is 1. The molecule has 0 spiro atoms. The van der Waals surface area contributed by atoms with E-state index in [1.807, 2.05) is 25.2 Å². The topological polar surface area (TPSA) is 52.6 Å². The Morgan fingerprint density at radius 2 is 2.05 bits per heavy atom. The summed E-state index contributed by atoms with van der Waals surface area (Å²) in [5.74, 6) is 0.125. The van der Waals surface area contributed by atoms with E-state index in [1.165, 1.54) is 0 Å². The van der Waals surface area contributed by atoms with E-state index in [9.17, 15) is 9.90 Å². The number of amides is 1. The monoisotopic (exact) mass is 274 g/mol. The summed E-state index contributed by atoms with van der Waals surface area (Å²) in [6, 6.07) is 8.01. The van der Waals surface area contributed by atoms with Crippen LogP contribution in [-0.4, -0.2) is 30.2 Å². The molecule has 1 fully saturated rings. The SMILES string of the molecule is CN1C(=O)CC(NCC2(O)CCCC2)c2ccccc21. The van der Waals surface area contributed by atoms with E-state index in [0.717, 1.165) is 36.9 Å². The number of anilines is 1. The predicted molar refractivity (Wildman–Crippen MR) is 78.6 cm³/mol. The van der Waals surface area contributed by atoms with Gasteiger partial charge in [0.2, 0.25) is 5.91 Å². The number of fused-ring (bicyclic) bond motifs is 1. The van der Waals surface area contributed by atoms with Gasteiger partial charge in [-0.1, -0.05) is 31.0 Å². The fourth-order valence-electron chi connectivity index (χ4n) is 3.35. The van der Waals surface area contributed by atoms with Gasteiger partial charge in [0.1, 0.15) is 0 Å². The zero-order chi connectivity index (χ0) is 14.2. The molecular weight excluding hydrogens is 252 g/mol. The van der Waals surface area contributed by atoms with Crippen molar-refractivity contribution in [3.05, 3.63) is 29.8 Å². The average Bonchev–Trinajstić information content (AvgIpc) is 2.89. The third-order valence-corrected chi connectivity index (χ3v) is 4.64. The van der Waals surface area contributed by atoms with E-state index in [-0.39, 0.29) is 11.9 Å². The summed E-state index contributed by atoms with van der Waals surface area (Å²) in [4.78, 5) is 13.8. The highest BCUT2D eigenvalue weighted by atomic mass is 16.3. The number of aliphatic hydroxyl groups is 1. The van der Waals surface area contributed by atoms with Crippen molar-refractivity contribution in [3.63, 3.8) is 0 Å². The molecule has 0 bridgehead atoms. The Balaban J connectivity index is 1.76. The third kappa shape index (κ3) is 2.45. The van der Waals surface area contributed by atoms with Gasteiger partial charge in [-0.3, -0.25) is 4.79 Å². The van der Waals surface area contributed by atoms with Gasteiger partial charge in [0.15, 0.2) is 0 Å². The van der Waals surface area contributed by atoms with Crippen molar-refractivity contribution in [1.29, 1.82) is 0 Å². The van der Waals surface area contributed by atoms with E-state index in [1.54, 1.807) is 4.90 Å². The van der Waals surface area contributed by atoms with E-state index < -0.39 is 5.60 Å². The van der Waals surface area contributed by atoms with Gasteiger partial charge in [-0.05, 0) is 24.5 Å². The molecule has 1 aromatic carbocycles. The first-order chi connectivity index (χ1) is 9.59. The molecule has 3 rings (SSSR count). The first kappa shape index (κ1) is 13.6. The summed E-state index contributed by atoms with van der Waals surface area (Å²) < 4.78 is 0. The molecule has 0 aromatic heterocycles. The molecule has 0 saturated heterocycles. The lowest BCUT2D eigenvalue weighted by atomic mass is 9.94.